The number of amides is 1. The van der Waals surface area contributed by atoms with Crippen LogP contribution in [0.4, 0.5) is 5.69 Å². The molecule has 23 heavy (non-hydrogen) atoms. The molecule has 112 valence electrons. The molecule has 2 aromatic carbocycles. The number of carbonyl (C=O) groups is 1. The van der Waals surface area contributed by atoms with Gasteiger partial charge >= 0.3 is 0 Å². The van der Waals surface area contributed by atoms with Crippen molar-refractivity contribution in [3.8, 4) is 5.69 Å². The second kappa shape index (κ2) is 5.62. The Morgan fingerprint density at radius 3 is 2.70 bits per heavy atom. The van der Waals surface area contributed by atoms with E-state index in [4.69, 9.17) is 0 Å². The first-order valence-corrected chi connectivity index (χ1v) is 7.67. The molecule has 0 aliphatic rings. The van der Waals surface area contributed by atoms with Crippen LogP contribution in [0.25, 0.3) is 16.7 Å². The molecule has 0 radical (unpaired) electrons. The van der Waals surface area contributed by atoms with Crippen LogP contribution < -0.4 is 5.32 Å². The van der Waals surface area contributed by atoms with Crippen molar-refractivity contribution in [3.63, 3.8) is 0 Å². The van der Waals surface area contributed by atoms with Gasteiger partial charge in [-0.25, -0.2) is 4.68 Å². The molecule has 0 saturated heterocycles. The molecular formula is C16H11N5OS. The van der Waals surface area contributed by atoms with E-state index in [0.29, 0.717) is 16.8 Å². The first kappa shape index (κ1) is 13.6. The average Bonchev–Trinajstić information content (AvgIpc) is 3.26. The van der Waals surface area contributed by atoms with Crippen LogP contribution in [0.5, 0.6) is 0 Å². The van der Waals surface area contributed by atoms with Crippen LogP contribution >= 0.6 is 11.7 Å². The number of hydrogen-bond acceptors (Lipinski definition) is 5. The predicted octanol–water partition coefficient (Wildman–Crippen LogP) is 3.13. The highest BCUT2D eigenvalue weighted by atomic mass is 32.1. The van der Waals surface area contributed by atoms with Gasteiger partial charge < -0.3 is 5.32 Å². The quantitative estimate of drug-likeness (QED) is 0.629. The van der Waals surface area contributed by atoms with E-state index in [1.165, 1.54) is 0 Å². The molecular weight excluding hydrogens is 310 g/mol. The number of rotatable bonds is 3. The standard InChI is InChI=1S/C16H11N5OS/c22-16(13-3-1-4-14-15(13)20-23-19-14)18-11-5-7-12(8-6-11)21-10-2-9-17-21/h1-10H,(H,18,22). The van der Waals surface area contributed by atoms with Gasteiger partial charge in [0.2, 0.25) is 0 Å². The number of anilines is 1. The molecule has 2 aromatic heterocycles. The zero-order valence-electron chi connectivity index (χ0n) is 11.9. The first-order chi connectivity index (χ1) is 11.3. The number of fused-ring (bicyclic) bond motifs is 1. The van der Waals surface area contributed by atoms with Crippen molar-refractivity contribution < 1.29 is 4.79 Å². The van der Waals surface area contributed by atoms with Crippen LogP contribution in [0.15, 0.2) is 60.9 Å². The predicted molar refractivity (Wildman–Crippen MR) is 88.9 cm³/mol. The summed E-state index contributed by atoms with van der Waals surface area (Å²) in [4.78, 5) is 12.4. The number of benzene rings is 2. The van der Waals surface area contributed by atoms with E-state index in [1.807, 2.05) is 42.6 Å². The second-order valence-corrected chi connectivity index (χ2v) is 5.42. The maximum absolute atomic E-state index is 12.4. The van der Waals surface area contributed by atoms with Crippen molar-refractivity contribution in [2.24, 2.45) is 0 Å². The molecule has 2 heterocycles. The van der Waals surface area contributed by atoms with Gasteiger partial charge in [-0.1, -0.05) is 6.07 Å². The van der Waals surface area contributed by atoms with Gasteiger partial charge in [0.15, 0.2) is 0 Å². The van der Waals surface area contributed by atoms with Gasteiger partial charge in [-0.05, 0) is 42.5 Å². The summed E-state index contributed by atoms with van der Waals surface area (Å²) >= 11 is 1.10. The van der Waals surface area contributed by atoms with Crippen molar-refractivity contribution in [2.45, 2.75) is 0 Å². The van der Waals surface area contributed by atoms with E-state index in [-0.39, 0.29) is 5.91 Å². The van der Waals surface area contributed by atoms with Crippen LogP contribution in [0, 0.1) is 0 Å². The van der Waals surface area contributed by atoms with Crippen molar-refractivity contribution >= 4 is 34.4 Å². The topological polar surface area (TPSA) is 72.7 Å². The molecule has 0 bridgehead atoms. The molecule has 0 atom stereocenters. The van der Waals surface area contributed by atoms with Gasteiger partial charge in [0.05, 0.1) is 23.0 Å². The molecule has 6 nitrogen and oxygen atoms in total. The third kappa shape index (κ3) is 2.58. The van der Waals surface area contributed by atoms with Gasteiger partial charge in [-0.2, -0.15) is 13.8 Å². The summed E-state index contributed by atoms with van der Waals surface area (Å²) in [5.41, 5.74) is 3.53. The Bertz CT molecular complexity index is 960. The fourth-order valence-electron chi connectivity index (χ4n) is 2.31. The molecule has 0 saturated carbocycles. The minimum Gasteiger partial charge on any atom is -0.322 e. The summed E-state index contributed by atoms with van der Waals surface area (Å²) in [7, 11) is 0. The van der Waals surface area contributed by atoms with Crippen LogP contribution in [0.2, 0.25) is 0 Å². The second-order valence-electron chi connectivity index (χ2n) is 4.89. The summed E-state index contributed by atoms with van der Waals surface area (Å²) in [5.74, 6) is -0.199. The minimum atomic E-state index is -0.199. The van der Waals surface area contributed by atoms with Crippen LogP contribution in [-0.2, 0) is 0 Å². The number of hydrogen-bond donors (Lipinski definition) is 1. The molecule has 0 unspecified atom stereocenters. The van der Waals surface area contributed by atoms with Crippen molar-refractivity contribution in [1.29, 1.82) is 0 Å². The van der Waals surface area contributed by atoms with Crippen LogP contribution in [0.1, 0.15) is 10.4 Å². The molecule has 7 heteroatoms. The van der Waals surface area contributed by atoms with Crippen molar-refractivity contribution in [1.82, 2.24) is 18.5 Å². The number of nitrogens with zero attached hydrogens (tertiary/aromatic N) is 4. The molecule has 1 amide bonds. The number of aromatic nitrogens is 4. The summed E-state index contributed by atoms with van der Waals surface area (Å²) in [6.45, 7) is 0. The highest BCUT2D eigenvalue weighted by molar-refractivity contribution is 7.00. The van der Waals surface area contributed by atoms with Gasteiger partial charge in [0, 0.05) is 18.1 Å². The van der Waals surface area contributed by atoms with Gasteiger partial charge in [-0.3, -0.25) is 4.79 Å². The minimum absolute atomic E-state index is 0.199. The zero-order valence-corrected chi connectivity index (χ0v) is 12.7. The van der Waals surface area contributed by atoms with E-state index in [1.54, 1.807) is 23.0 Å². The molecule has 4 aromatic rings. The third-order valence-corrected chi connectivity index (χ3v) is 3.97. The Balaban J connectivity index is 1.58. The highest BCUT2D eigenvalue weighted by Gasteiger charge is 2.12. The Morgan fingerprint density at radius 1 is 1.04 bits per heavy atom. The smallest absolute Gasteiger partial charge is 0.257 e. The van der Waals surface area contributed by atoms with Crippen molar-refractivity contribution in [2.75, 3.05) is 5.32 Å². The van der Waals surface area contributed by atoms with E-state index < -0.39 is 0 Å². The lowest BCUT2D eigenvalue weighted by Crippen LogP contribution is -2.12. The summed E-state index contributed by atoms with van der Waals surface area (Å²) in [6, 6.07) is 14.7. The average molecular weight is 321 g/mol. The van der Waals surface area contributed by atoms with E-state index in [9.17, 15) is 4.79 Å². The largest absolute Gasteiger partial charge is 0.322 e. The van der Waals surface area contributed by atoms with Crippen LogP contribution in [-0.4, -0.2) is 24.4 Å². The lowest BCUT2D eigenvalue weighted by atomic mass is 10.1. The molecule has 1 N–H and O–H groups in total. The monoisotopic (exact) mass is 321 g/mol. The Hall–Kier alpha value is -3.06. The lowest BCUT2D eigenvalue weighted by molar-refractivity contribution is 0.102. The summed E-state index contributed by atoms with van der Waals surface area (Å²) < 4.78 is 10.1. The maximum Gasteiger partial charge on any atom is 0.257 e. The first-order valence-electron chi connectivity index (χ1n) is 6.94. The lowest BCUT2D eigenvalue weighted by Gasteiger charge is -2.07. The van der Waals surface area contributed by atoms with Gasteiger partial charge in [0.25, 0.3) is 5.91 Å². The highest BCUT2D eigenvalue weighted by Crippen LogP contribution is 2.19. The zero-order chi connectivity index (χ0) is 15.6. The summed E-state index contributed by atoms with van der Waals surface area (Å²) in [6.07, 6.45) is 3.59. The van der Waals surface area contributed by atoms with Gasteiger partial charge in [-0.15, -0.1) is 0 Å². The fourth-order valence-corrected chi connectivity index (χ4v) is 2.86. The Morgan fingerprint density at radius 2 is 1.91 bits per heavy atom. The van der Waals surface area contributed by atoms with Crippen LogP contribution in [0.3, 0.4) is 0 Å². The third-order valence-electron chi connectivity index (χ3n) is 3.42. The molecule has 0 fully saturated rings. The Kier molecular flexibility index (Phi) is 3.32. The Labute approximate surface area is 135 Å². The van der Waals surface area contributed by atoms with E-state index in [0.717, 1.165) is 22.9 Å². The molecule has 0 spiro atoms. The maximum atomic E-state index is 12.4. The van der Waals surface area contributed by atoms with Crippen molar-refractivity contribution in [3.05, 3.63) is 66.5 Å². The normalized spacial score (nSPS) is 10.8. The number of carbonyl (C=O) groups excluding carboxylic acids is 1. The fraction of sp³-hybridized carbons (Fsp3) is 0. The van der Waals surface area contributed by atoms with Gasteiger partial charge in [0.1, 0.15) is 11.0 Å². The molecule has 4 rings (SSSR count). The number of nitrogens with one attached hydrogen (secondary N) is 1. The SMILES string of the molecule is O=C(Nc1ccc(-n2cccn2)cc1)c1cccc2nsnc12. The molecule has 0 aliphatic heterocycles. The van der Waals surface area contributed by atoms with E-state index in [2.05, 4.69) is 19.2 Å². The van der Waals surface area contributed by atoms with E-state index >= 15 is 0 Å². The molecule has 0 aliphatic carbocycles. The summed E-state index contributed by atoms with van der Waals surface area (Å²) in [5, 5.41) is 7.05.